The molecule has 1 heterocycles. The molecule has 0 aliphatic heterocycles. The van der Waals surface area contributed by atoms with E-state index in [0.717, 1.165) is 17.7 Å². The lowest BCUT2D eigenvalue weighted by Crippen LogP contribution is -2.36. The molecule has 0 fully saturated rings. The lowest BCUT2D eigenvalue weighted by Gasteiger charge is -2.09. The average Bonchev–Trinajstić information content (AvgIpc) is 2.32. The third kappa shape index (κ3) is 1.93. The van der Waals surface area contributed by atoms with Crippen LogP contribution in [0.25, 0.3) is 0 Å². The smallest absolute Gasteiger partial charge is 0.193 e. The molecular weight excluding hydrogens is 154 g/mol. The summed E-state index contributed by atoms with van der Waals surface area (Å²) in [5.74, 6) is 0.863. The van der Waals surface area contributed by atoms with Crippen LogP contribution in [-0.4, -0.2) is 13.1 Å². The topological polar surface area (TPSA) is 26.0 Å². The number of rotatable bonds is 2. The Hall–Kier alpha value is -0.573. The number of aryl methyl sites for hydroxylation is 1. The molecule has 0 bridgehead atoms. The summed E-state index contributed by atoms with van der Waals surface area (Å²) in [7, 11) is -1.26. The average molecular weight is 169 g/mol. The quantitative estimate of drug-likeness (QED) is 0.631. The summed E-state index contributed by atoms with van der Waals surface area (Å²) in [5, 5.41) is 1.11. The Bertz CT molecular complexity index is 236. The van der Waals surface area contributed by atoms with Crippen LogP contribution in [-0.2, 0) is 6.42 Å². The summed E-state index contributed by atoms with van der Waals surface area (Å²) in [6.45, 7) is 8.83. The monoisotopic (exact) mass is 169 g/mol. The summed E-state index contributed by atoms with van der Waals surface area (Å²) < 4.78 is 5.55. The van der Waals surface area contributed by atoms with Crippen molar-refractivity contribution in [1.82, 2.24) is 4.98 Å². The Morgan fingerprint density at radius 2 is 2.09 bits per heavy atom. The maximum atomic E-state index is 5.55. The number of aromatic nitrogens is 1. The van der Waals surface area contributed by atoms with E-state index in [-0.39, 0.29) is 0 Å². The second-order valence-corrected chi connectivity index (χ2v) is 8.71. The van der Waals surface area contributed by atoms with Gasteiger partial charge in [0.15, 0.2) is 5.89 Å². The zero-order chi connectivity index (χ0) is 8.48. The molecule has 0 saturated heterocycles. The molecular formula is C8H15NOSi. The lowest BCUT2D eigenvalue weighted by molar-refractivity contribution is 0.525. The maximum absolute atomic E-state index is 5.55. The third-order valence-corrected chi connectivity index (χ3v) is 3.30. The zero-order valence-electron chi connectivity index (χ0n) is 7.64. The van der Waals surface area contributed by atoms with Crippen molar-refractivity contribution in [2.75, 3.05) is 0 Å². The Morgan fingerprint density at radius 1 is 1.45 bits per heavy atom. The van der Waals surface area contributed by atoms with Crippen LogP contribution < -0.4 is 5.38 Å². The molecule has 1 aromatic rings. The second-order valence-electron chi connectivity index (χ2n) is 3.72. The highest BCUT2D eigenvalue weighted by molar-refractivity contribution is 6.87. The minimum Gasteiger partial charge on any atom is -0.451 e. The Kier molecular flexibility index (Phi) is 2.18. The minimum atomic E-state index is -1.26. The van der Waals surface area contributed by atoms with Crippen LogP contribution in [0.15, 0.2) is 10.6 Å². The van der Waals surface area contributed by atoms with Gasteiger partial charge < -0.3 is 4.42 Å². The van der Waals surface area contributed by atoms with Crippen molar-refractivity contribution in [2.45, 2.75) is 33.0 Å². The van der Waals surface area contributed by atoms with Gasteiger partial charge in [0.2, 0.25) is 0 Å². The summed E-state index contributed by atoms with van der Waals surface area (Å²) >= 11 is 0. The van der Waals surface area contributed by atoms with Crippen LogP contribution in [0.5, 0.6) is 0 Å². The van der Waals surface area contributed by atoms with Gasteiger partial charge in [-0.3, -0.25) is 0 Å². The van der Waals surface area contributed by atoms with Crippen molar-refractivity contribution in [3.8, 4) is 0 Å². The molecule has 0 N–H and O–H groups in total. The lowest BCUT2D eigenvalue weighted by atomic mass is 10.5. The van der Waals surface area contributed by atoms with Crippen LogP contribution in [0.3, 0.4) is 0 Å². The molecule has 0 atom stereocenters. The number of hydrogen-bond donors (Lipinski definition) is 0. The molecule has 0 spiro atoms. The summed E-state index contributed by atoms with van der Waals surface area (Å²) in [6.07, 6.45) is 2.77. The van der Waals surface area contributed by atoms with E-state index in [1.54, 1.807) is 0 Å². The van der Waals surface area contributed by atoms with Gasteiger partial charge in [0.25, 0.3) is 0 Å². The van der Waals surface area contributed by atoms with E-state index in [2.05, 4.69) is 31.5 Å². The fourth-order valence-electron chi connectivity index (χ4n) is 0.820. The molecule has 3 heteroatoms. The van der Waals surface area contributed by atoms with Gasteiger partial charge in [-0.05, 0) is 0 Å². The molecule has 0 aliphatic carbocycles. The van der Waals surface area contributed by atoms with E-state index in [1.807, 2.05) is 6.20 Å². The van der Waals surface area contributed by atoms with Crippen LogP contribution in [0, 0.1) is 0 Å². The summed E-state index contributed by atoms with van der Waals surface area (Å²) in [4.78, 5) is 4.17. The normalized spacial score (nSPS) is 12.0. The Labute approximate surface area is 68.7 Å². The first-order valence-electron chi connectivity index (χ1n) is 3.99. The molecule has 11 heavy (non-hydrogen) atoms. The molecule has 0 unspecified atom stereocenters. The molecule has 0 radical (unpaired) electrons. The first-order chi connectivity index (χ1) is 5.04. The predicted octanol–water partition coefficient (Wildman–Crippen LogP) is 1.78. The number of oxazole rings is 1. The van der Waals surface area contributed by atoms with Gasteiger partial charge in [0.1, 0.15) is 13.5 Å². The largest absolute Gasteiger partial charge is 0.451 e. The van der Waals surface area contributed by atoms with Crippen molar-refractivity contribution in [2.24, 2.45) is 0 Å². The van der Waals surface area contributed by atoms with Crippen LogP contribution >= 0.6 is 0 Å². The number of hydrogen-bond acceptors (Lipinski definition) is 2. The zero-order valence-corrected chi connectivity index (χ0v) is 8.64. The van der Waals surface area contributed by atoms with Crippen LogP contribution in [0.4, 0.5) is 0 Å². The Morgan fingerprint density at radius 3 is 2.36 bits per heavy atom. The molecule has 2 nitrogen and oxygen atoms in total. The highest BCUT2D eigenvalue weighted by Crippen LogP contribution is 2.03. The molecule has 0 aromatic carbocycles. The van der Waals surface area contributed by atoms with Crippen molar-refractivity contribution in [3.05, 3.63) is 12.1 Å². The van der Waals surface area contributed by atoms with E-state index in [4.69, 9.17) is 4.42 Å². The van der Waals surface area contributed by atoms with Crippen molar-refractivity contribution in [1.29, 1.82) is 0 Å². The fourth-order valence-corrected chi connectivity index (χ4v) is 1.70. The van der Waals surface area contributed by atoms with E-state index in [9.17, 15) is 0 Å². The van der Waals surface area contributed by atoms with Crippen molar-refractivity contribution >= 4 is 13.5 Å². The third-order valence-electron chi connectivity index (χ3n) is 1.60. The predicted molar refractivity (Wildman–Crippen MR) is 48.9 cm³/mol. The SMILES string of the molecule is CCc1ncc([Si](C)(C)C)o1. The molecule has 0 amide bonds. The van der Waals surface area contributed by atoms with E-state index >= 15 is 0 Å². The fraction of sp³-hybridized carbons (Fsp3) is 0.625. The molecule has 0 aliphatic rings. The van der Waals surface area contributed by atoms with Crippen LogP contribution in [0.2, 0.25) is 19.6 Å². The highest BCUT2D eigenvalue weighted by Gasteiger charge is 2.21. The van der Waals surface area contributed by atoms with E-state index < -0.39 is 8.07 Å². The second kappa shape index (κ2) is 2.81. The first-order valence-corrected chi connectivity index (χ1v) is 7.49. The Balaban J connectivity index is 2.89. The van der Waals surface area contributed by atoms with Gasteiger partial charge in [0.05, 0.1) is 6.20 Å². The maximum Gasteiger partial charge on any atom is 0.193 e. The van der Waals surface area contributed by atoms with Gasteiger partial charge in [-0.1, -0.05) is 26.6 Å². The molecule has 1 aromatic heterocycles. The van der Waals surface area contributed by atoms with Gasteiger partial charge in [-0.2, -0.15) is 0 Å². The van der Waals surface area contributed by atoms with Crippen molar-refractivity contribution in [3.63, 3.8) is 0 Å². The van der Waals surface area contributed by atoms with Crippen molar-refractivity contribution < 1.29 is 4.42 Å². The van der Waals surface area contributed by atoms with Gasteiger partial charge in [-0.15, -0.1) is 0 Å². The number of nitrogens with zero attached hydrogens (tertiary/aromatic N) is 1. The summed E-state index contributed by atoms with van der Waals surface area (Å²) in [5.41, 5.74) is 0. The molecule has 1 rings (SSSR count). The van der Waals surface area contributed by atoms with E-state index in [1.165, 1.54) is 0 Å². The van der Waals surface area contributed by atoms with Gasteiger partial charge >= 0.3 is 0 Å². The van der Waals surface area contributed by atoms with E-state index in [0.29, 0.717) is 0 Å². The molecule has 62 valence electrons. The first kappa shape index (κ1) is 8.52. The van der Waals surface area contributed by atoms with Gasteiger partial charge in [0, 0.05) is 6.42 Å². The highest BCUT2D eigenvalue weighted by atomic mass is 28.3. The molecule has 0 saturated carbocycles. The van der Waals surface area contributed by atoms with Crippen LogP contribution in [0.1, 0.15) is 12.8 Å². The minimum absolute atomic E-state index is 0.863. The standard InChI is InChI=1S/C8H15NOSi/c1-5-7-9-6-8(10-7)11(2,3)4/h6H,5H2,1-4H3. The summed E-state index contributed by atoms with van der Waals surface area (Å²) in [6, 6.07) is 0. The van der Waals surface area contributed by atoms with Gasteiger partial charge in [-0.25, -0.2) is 4.98 Å².